The Kier molecular flexibility index (Phi) is 5.78. The predicted molar refractivity (Wildman–Crippen MR) is 105 cm³/mol. The number of carbonyl (C=O) groups is 1. The van der Waals surface area contributed by atoms with Crippen LogP contribution in [0, 0.1) is 12.8 Å². The maximum absolute atomic E-state index is 11.2. The Morgan fingerprint density at radius 2 is 1.96 bits per heavy atom. The summed E-state index contributed by atoms with van der Waals surface area (Å²) in [5, 5.41) is 12.5. The highest BCUT2D eigenvalue weighted by Crippen LogP contribution is 2.29. The lowest BCUT2D eigenvalue weighted by molar-refractivity contribution is -0.142. The number of aromatic nitrogens is 2. The van der Waals surface area contributed by atoms with Gasteiger partial charge in [0.2, 0.25) is 0 Å². The Labute approximate surface area is 159 Å². The van der Waals surface area contributed by atoms with Gasteiger partial charge in [-0.1, -0.05) is 12.1 Å². The fraction of sp³-hybridized carbons (Fsp3) is 0.450. The highest BCUT2D eigenvalue weighted by Gasteiger charge is 2.25. The molecule has 1 aliphatic heterocycles. The van der Waals surface area contributed by atoms with E-state index >= 15 is 0 Å². The number of nitrogens with one attached hydrogen (secondary N) is 1. The van der Waals surface area contributed by atoms with Gasteiger partial charge in [0, 0.05) is 19.2 Å². The molecule has 0 unspecified atom stereocenters. The lowest BCUT2D eigenvalue weighted by Crippen LogP contribution is -2.36. The summed E-state index contributed by atoms with van der Waals surface area (Å²) < 4.78 is 5.86. The lowest BCUT2D eigenvalue weighted by Gasteiger charge is -2.31. The predicted octanol–water partition coefficient (Wildman–Crippen LogP) is 3.62. The van der Waals surface area contributed by atoms with Crippen molar-refractivity contribution in [3.05, 3.63) is 36.2 Å². The van der Waals surface area contributed by atoms with E-state index in [4.69, 9.17) is 9.84 Å². The first-order valence-electron chi connectivity index (χ1n) is 9.28. The van der Waals surface area contributed by atoms with Crippen LogP contribution in [0.15, 0.2) is 30.3 Å². The monoisotopic (exact) mass is 370 g/mol. The molecule has 0 radical (unpaired) electrons. The summed E-state index contributed by atoms with van der Waals surface area (Å²) in [5.41, 5.74) is 0.847. The number of carboxylic acids is 1. The van der Waals surface area contributed by atoms with Gasteiger partial charge in [0.1, 0.15) is 23.2 Å². The molecule has 2 N–H and O–H groups in total. The number of aliphatic carboxylic acids is 1. The van der Waals surface area contributed by atoms with Gasteiger partial charge in [-0.25, -0.2) is 9.97 Å². The molecule has 2 heterocycles. The van der Waals surface area contributed by atoms with Crippen molar-refractivity contribution in [2.24, 2.45) is 5.92 Å². The molecule has 1 fully saturated rings. The van der Waals surface area contributed by atoms with Crippen LogP contribution in [0.3, 0.4) is 0 Å². The van der Waals surface area contributed by atoms with Crippen molar-refractivity contribution >= 4 is 23.3 Å². The largest absolute Gasteiger partial charge is 0.489 e. The number of para-hydroxylation sites is 2. The molecule has 27 heavy (non-hydrogen) atoms. The minimum absolute atomic E-state index is 0.0752. The van der Waals surface area contributed by atoms with E-state index in [0.29, 0.717) is 37.6 Å². The average Bonchev–Trinajstić information content (AvgIpc) is 2.62. The molecule has 3 rings (SSSR count). The molecule has 1 aromatic heterocycles. The maximum atomic E-state index is 11.2. The van der Waals surface area contributed by atoms with Crippen LogP contribution in [-0.4, -0.2) is 40.2 Å². The van der Waals surface area contributed by atoms with Gasteiger partial charge in [-0.15, -0.1) is 0 Å². The molecule has 0 amide bonds. The van der Waals surface area contributed by atoms with Gasteiger partial charge in [-0.2, -0.15) is 0 Å². The summed E-state index contributed by atoms with van der Waals surface area (Å²) in [6, 6.07) is 9.66. The second kappa shape index (κ2) is 8.24. The van der Waals surface area contributed by atoms with Gasteiger partial charge in [0.05, 0.1) is 17.7 Å². The summed E-state index contributed by atoms with van der Waals surface area (Å²) >= 11 is 0. The van der Waals surface area contributed by atoms with Gasteiger partial charge in [-0.05, 0) is 45.7 Å². The minimum Gasteiger partial charge on any atom is -0.489 e. The Hall–Kier alpha value is -2.83. The van der Waals surface area contributed by atoms with E-state index in [1.54, 1.807) is 0 Å². The first kappa shape index (κ1) is 18.9. The number of rotatable bonds is 6. The Bertz CT molecular complexity index is 802. The number of aryl methyl sites for hydroxylation is 1. The van der Waals surface area contributed by atoms with Crippen molar-refractivity contribution in [3.63, 3.8) is 0 Å². The van der Waals surface area contributed by atoms with Crippen LogP contribution in [0.5, 0.6) is 5.75 Å². The highest BCUT2D eigenvalue weighted by molar-refractivity contribution is 5.70. The molecular weight excluding hydrogens is 344 g/mol. The van der Waals surface area contributed by atoms with E-state index in [1.807, 2.05) is 51.1 Å². The zero-order chi connectivity index (χ0) is 19.4. The van der Waals surface area contributed by atoms with Crippen molar-refractivity contribution in [3.8, 4) is 5.75 Å². The van der Waals surface area contributed by atoms with Crippen molar-refractivity contribution in [1.29, 1.82) is 0 Å². The van der Waals surface area contributed by atoms with E-state index in [2.05, 4.69) is 20.2 Å². The molecule has 0 aliphatic carbocycles. The molecule has 1 saturated heterocycles. The van der Waals surface area contributed by atoms with Gasteiger partial charge in [-0.3, -0.25) is 4.79 Å². The van der Waals surface area contributed by atoms with Crippen LogP contribution in [0.1, 0.15) is 32.5 Å². The summed E-state index contributed by atoms with van der Waals surface area (Å²) in [7, 11) is 0. The zero-order valence-corrected chi connectivity index (χ0v) is 16.0. The molecule has 1 aromatic carbocycles. The van der Waals surface area contributed by atoms with Gasteiger partial charge in [0.25, 0.3) is 0 Å². The third kappa shape index (κ3) is 4.87. The summed E-state index contributed by atoms with van der Waals surface area (Å²) in [6.07, 6.45) is 1.34. The first-order valence-corrected chi connectivity index (χ1v) is 9.28. The second-order valence-corrected chi connectivity index (χ2v) is 7.05. The fourth-order valence-corrected chi connectivity index (χ4v) is 3.20. The number of nitrogens with zero attached hydrogens (tertiary/aromatic N) is 3. The van der Waals surface area contributed by atoms with E-state index in [0.717, 1.165) is 17.3 Å². The Balaban J connectivity index is 1.78. The van der Waals surface area contributed by atoms with Crippen molar-refractivity contribution in [1.82, 2.24) is 9.97 Å². The number of piperidine rings is 1. The molecule has 7 nitrogen and oxygen atoms in total. The molecule has 2 aromatic rings. The average molecular weight is 370 g/mol. The zero-order valence-electron chi connectivity index (χ0n) is 16.0. The van der Waals surface area contributed by atoms with Crippen molar-refractivity contribution < 1.29 is 14.6 Å². The van der Waals surface area contributed by atoms with Crippen LogP contribution in [0.2, 0.25) is 0 Å². The lowest BCUT2D eigenvalue weighted by atomic mass is 9.97. The van der Waals surface area contributed by atoms with Crippen molar-refractivity contribution in [2.75, 3.05) is 23.3 Å². The van der Waals surface area contributed by atoms with Crippen LogP contribution < -0.4 is 15.0 Å². The summed E-state index contributed by atoms with van der Waals surface area (Å²) in [6.45, 7) is 7.20. The van der Waals surface area contributed by atoms with E-state index in [9.17, 15) is 4.79 Å². The number of benzene rings is 1. The molecule has 0 atom stereocenters. The van der Waals surface area contributed by atoms with E-state index in [-0.39, 0.29) is 12.0 Å². The third-order valence-corrected chi connectivity index (χ3v) is 4.51. The standard InChI is InChI=1S/C20H26N4O3/c1-13(2)27-17-7-5-4-6-16(17)23-18-12-19(22-14(3)21-18)24-10-8-15(9-11-24)20(25)26/h4-7,12-13,15H,8-11H2,1-3H3,(H,25,26)(H,21,22,23). The van der Waals surface area contributed by atoms with Crippen molar-refractivity contribution in [2.45, 2.75) is 39.7 Å². The van der Waals surface area contributed by atoms with Crippen LogP contribution >= 0.6 is 0 Å². The molecule has 1 aliphatic rings. The molecule has 0 bridgehead atoms. The number of anilines is 3. The van der Waals surface area contributed by atoms with Crippen LogP contribution in [0.4, 0.5) is 17.3 Å². The number of hydrogen-bond donors (Lipinski definition) is 2. The normalized spacial score (nSPS) is 15.0. The Morgan fingerprint density at radius 3 is 2.63 bits per heavy atom. The SMILES string of the molecule is Cc1nc(Nc2ccccc2OC(C)C)cc(N2CCC(C(=O)O)CC2)n1. The number of carboxylic acid groups (broad SMARTS) is 1. The molecule has 0 spiro atoms. The number of ether oxygens (including phenoxy) is 1. The molecular formula is C20H26N4O3. The van der Waals surface area contributed by atoms with Gasteiger partial charge in [0.15, 0.2) is 0 Å². The minimum atomic E-state index is -0.711. The Morgan fingerprint density at radius 1 is 1.26 bits per heavy atom. The van der Waals surface area contributed by atoms with Crippen LogP contribution in [0.25, 0.3) is 0 Å². The third-order valence-electron chi connectivity index (χ3n) is 4.51. The summed E-state index contributed by atoms with van der Waals surface area (Å²) in [5.74, 6) is 1.97. The first-order chi connectivity index (χ1) is 12.9. The van der Waals surface area contributed by atoms with Crippen LogP contribution in [-0.2, 0) is 4.79 Å². The van der Waals surface area contributed by atoms with Gasteiger partial charge < -0.3 is 20.1 Å². The molecule has 0 saturated carbocycles. The molecule has 7 heteroatoms. The maximum Gasteiger partial charge on any atom is 0.306 e. The highest BCUT2D eigenvalue weighted by atomic mass is 16.5. The van der Waals surface area contributed by atoms with Gasteiger partial charge >= 0.3 is 5.97 Å². The topological polar surface area (TPSA) is 87.6 Å². The van der Waals surface area contributed by atoms with E-state index in [1.165, 1.54) is 0 Å². The smallest absolute Gasteiger partial charge is 0.306 e. The quantitative estimate of drug-likeness (QED) is 0.803. The molecule has 144 valence electrons. The second-order valence-electron chi connectivity index (χ2n) is 7.05. The fourth-order valence-electron chi connectivity index (χ4n) is 3.20. The summed E-state index contributed by atoms with van der Waals surface area (Å²) in [4.78, 5) is 22.3. The number of hydrogen-bond acceptors (Lipinski definition) is 6. The van der Waals surface area contributed by atoms with E-state index < -0.39 is 5.97 Å².